The van der Waals surface area contributed by atoms with Gasteiger partial charge in [0.1, 0.15) is 11.4 Å². The van der Waals surface area contributed by atoms with Gasteiger partial charge in [0.15, 0.2) is 0 Å². The predicted octanol–water partition coefficient (Wildman–Crippen LogP) is 2.51. The SMILES string of the molecule is COc1cnccc1C(=O)c1ccnn1-c1ccccc1. The van der Waals surface area contributed by atoms with E-state index in [-0.39, 0.29) is 5.78 Å². The number of ether oxygens (including phenoxy) is 1. The van der Waals surface area contributed by atoms with Crippen molar-refractivity contribution in [3.63, 3.8) is 0 Å². The molecule has 0 aliphatic carbocycles. The molecule has 3 aromatic rings. The number of methoxy groups -OCH3 is 1. The Bertz CT molecular complexity index is 766. The van der Waals surface area contributed by atoms with Gasteiger partial charge < -0.3 is 4.74 Å². The topological polar surface area (TPSA) is 57.0 Å². The molecule has 0 bridgehead atoms. The van der Waals surface area contributed by atoms with Gasteiger partial charge in [-0.05, 0) is 24.3 Å². The number of aromatic nitrogens is 3. The molecule has 0 N–H and O–H groups in total. The molecule has 0 radical (unpaired) electrons. The summed E-state index contributed by atoms with van der Waals surface area (Å²) in [4.78, 5) is 16.7. The molecular formula is C16H13N3O2. The lowest BCUT2D eigenvalue weighted by atomic mass is 10.1. The number of ketones is 1. The van der Waals surface area contributed by atoms with Crippen molar-refractivity contribution in [2.24, 2.45) is 0 Å². The molecule has 0 fully saturated rings. The zero-order valence-corrected chi connectivity index (χ0v) is 11.4. The second kappa shape index (κ2) is 5.58. The third-order valence-corrected chi connectivity index (χ3v) is 3.13. The maximum atomic E-state index is 12.7. The van der Waals surface area contributed by atoms with Gasteiger partial charge >= 0.3 is 0 Å². The highest BCUT2D eigenvalue weighted by molar-refractivity contribution is 6.09. The Labute approximate surface area is 121 Å². The highest BCUT2D eigenvalue weighted by atomic mass is 16.5. The van der Waals surface area contributed by atoms with E-state index in [4.69, 9.17) is 4.74 Å². The number of carbonyl (C=O) groups excluding carboxylic acids is 1. The smallest absolute Gasteiger partial charge is 0.215 e. The first-order chi connectivity index (χ1) is 10.3. The normalized spacial score (nSPS) is 10.3. The third-order valence-electron chi connectivity index (χ3n) is 3.13. The lowest BCUT2D eigenvalue weighted by molar-refractivity contribution is 0.102. The van der Waals surface area contributed by atoms with Crippen LogP contribution in [0.4, 0.5) is 0 Å². The quantitative estimate of drug-likeness (QED) is 0.688. The van der Waals surface area contributed by atoms with Crippen LogP contribution in [0.3, 0.4) is 0 Å². The summed E-state index contributed by atoms with van der Waals surface area (Å²) >= 11 is 0. The summed E-state index contributed by atoms with van der Waals surface area (Å²) in [7, 11) is 1.52. The standard InChI is InChI=1S/C16H13N3O2/c1-21-15-11-17-9-7-13(15)16(20)14-8-10-18-19(14)12-5-3-2-4-6-12/h2-11H,1H3. The van der Waals surface area contributed by atoms with E-state index in [2.05, 4.69) is 10.1 Å². The summed E-state index contributed by atoms with van der Waals surface area (Å²) in [6.45, 7) is 0. The lowest BCUT2D eigenvalue weighted by Crippen LogP contribution is -2.11. The Morgan fingerprint density at radius 1 is 1.10 bits per heavy atom. The molecule has 104 valence electrons. The highest BCUT2D eigenvalue weighted by Gasteiger charge is 2.19. The largest absolute Gasteiger partial charge is 0.494 e. The van der Waals surface area contributed by atoms with Crippen molar-refractivity contribution in [1.82, 2.24) is 14.8 Å². The van der Waals surface area contributed by atoms with Crippen LogP contribution in [0.2, 0.25) is 0 Å². The van der Waals surface area contributed by atoms with Crippen molar-refractivity contribution in [3.05, 3.63) is 72.3 Å². The predicted molar refractivity (Wildman–Crippen MR) is 77.8 cm³/mol. The average molecular weight is 279 g/mol. The van der Waals surface area contributed by atoms with Crippen molar-refractivity contribution in [3.8, 4) is 11.4 Å². The van der Waals surface area contributed by atoms with Gasteiger partial charge in [-0.2, -0.15) is 5.10 Å². The fourth-order valence-electron chi connectivity index (χ4n) is 2.12. The second-order valence-corrected chi connectivity index (χ2v) is 4.37. The van der Waals surface area contributed by atoms with Gasteiger partial charge in [0.25, 0.3) is 0 Å². The van der Waals surface area contributed by atoms with E-state index in [1.54, 1.807) is 29.2 Å². The van der Waals surface area contributed by atoms with Crippen molar-refractivity contribution in [1.29, 1.82) is 0 Å². The van der Waals surface area contributed by atoms with Crippen LogP contribution < -0.4 is 4.74 Å². The number of benzene rings is 1. The van der Waals surface area contributed by atoms with Gasteiger partial charge in [0, 0.05) is 6.20 Å². The maximum Gasteiger partial charge on any atom is 0.215 e. The molecule has 21 heavy (non-hydrogen) atoms. The van der Waals surface area contributed by atoms with E-state index >= 15 is 0 Å². The van der Waals surface area contributed by atoms with Gasteiger partial charge in [-0.1, -0.05) is 18.2 Å². The van der Waals surface area contributed by atoms with Gasteiger partial charge in [-0.25, -0.2) is 4.68 Å². The minimum atomic E-state index is -0.157. The number of carbonyl (C=O) groups is 1. The highest BCUT2D eigenvalue weighted by Crippen LogP contribution is 2.21. The Morgan fingerprint density at radius 3 is 2.67 bits per heavy atom. The van der Waals surface area contributed by atoms with Crippen molar-refractivity contribution in [2.45, 2.75) is 0 Å². The van der Waals surface area contributed by atoms with Crippen LogP contribution in [0, 0.1) is 0 Å². The fourth-order valence-corrected chi connectivity index (χ4v) is 2.12. The molecule has 0 amide bonds. The first kappa shape index (κ1) is 13.1. The molecule has 0 atom stereocenters. The number of nitrogens with zero attached hydrogens (tertiary/aromatic N) is 3. The summed E-state index contributed by atoms with van der Waals surface area (Å²) in [6.07, 6.45) is 4.70. The number of pyridine rings is 1. The molecule has 2 heterocycles. The monoisotopic (exact) mass is 279 g/mol. The van der Waals surface area contributed by atoms with Crippen molar-refractivity contribution >= 4 is 5.78 Å². The second-order valence-electron chi connectivity index (χ2n) is 4.37. The average Bonchev–Trinajstić information content (AvgIpc) is 3.04. The molecular weight excluding hydrogens is 266 g/mol. The molecule has 0 saturated heterocycles. The zero-order chi connectivity index (χ0) is 14.7. The molecule has 5 heteroatoms. The van der Waals surface area contributed by atoms with Crippen LogP contribution >= 0.6 is 0 Å². The molecule has 5 nitrogen and oxygen atoms in total. The van der Waals surface area contributed by atoms with Crippen LogP contribution in [0.5, 0.6) is 5.75 Å². The van der Waals surface area contributed by atoms with E-state index < -0.39 is 0 Å². The Kier molecular flexibility index (Phi) is 3.47. The molecule has 1 aromatic carbocycles. The molecule has 0 aliphatic heterocycles. The summed E-state index contributed by atoms with van der Waals surface area (Å²) in [5.74, 6) is 0.291. The van der Waals surface area contributed by atoms with Gasteiger partial charge in [0.05, 0.1) is 30.8 Å². The number of hydrogen-bond acceptors (Lipinski definition) is 4. The van der Waals surface area contributed by atoms with Crippen LogP contribution in [-0.4, -0.2) is 27.7 Å². The maximum absolute atomic E-state index is 12.7. The molecule has 2 aromatic heterocycles. The Balaban J connectivity index is 2.06. The lowest BCUT2D eigenvalue weighted by Gasteiger charge is -2.09. The van der Waals surface area contributed by atoms with Gasteiger partial charge in [-0.3, -0.25) is 9.78 Å². The molecule has 0 aliphatic rings. The summed E-state index contributed by atoms with van der Waals surface area (Å²) in [5.41, 5.74) is 1.77. The van der Waals surface area contributed by atoms with Crippen molar-refractivity contribution < 1.29 is 9.53 Å². The van der Waals surface area contributed by atoms with E-state index in [1.165, 1.54) is 13.3 Å². The Hall–Kier alpha value is -2.95. The first-order valence-corrected chi connectivity index (χ1v) is 6.43. The van der Waals surface area contributed by atoms with Crippen LogP contribution in [0.15, 0.2) is 61.1 Å². The number of rotatable bonds is 4. The van der Waals surface area contributed by atoms with Crippen LogP contribution in [-0.2, 0) is 0 Å². The fraction of sp³-hybridized carbons (Fsp3) is 0.0625. The minimum absolute atomic E-state index is 0.157. The Morgan fingerprint density at radius 2 is 1.90 bits per heavy atom. The minimum Gasteiger partial charge on any atom is -0.494 e. The summed E-state index contributed by atoms with van der Waals surface area (Å²) in [6, 6.07) is 12.8. The van der Waals surface area contributed by atoms with E-state index in [0.717, 1.165) is 5.69 Å². The first-order valence-electron chi connectivity index (χ1n) is 6.43. The third kappa shape index (κ3) is 2.41. The van der Waals surface area contributed by atoms with Gasteiger partial charge in [0.2, 0.25) is 5.78 Å². The van der Waals surface area contributed by atoms with Crippen LogP contribution in [0.25, 0.3) is 5.69 Å². The summed E-state index contributed by atoms with van der Waals surface area (Å²) < 4.78 is 6.81. The number of hydrogen-bond donors (Lipinski definition) is 0. The molecule has 0 spiro atoms. The van der Waals surface area contributed by atoms with E-state index in [1.807, 2.05) is 30.3 Å². The summed E-state index contributed by atoms with van der Waals surface area (Å²) in [5, 5.41) is 4.23. The van der Waals surface area contributed by atoms with Crippen molar-refractivity contribution in [2.75, 3.05) is 7.11 Å². The number of para-hydroxylation sites is 1. The molecule has 0 unspecified atom stereocenters. The van der Waals surface area contributed by atoms with Gasteiger partial charge in [-0.15, -0.1) is 0 Å². The van der Waals surface area contributed by atoms with E-state index in [9.17, 15) is 4.79 Å². The van der Waals surface area contributed by atoms with E-state index in [0.29, 0.717) is 17.0 Å². The van der Waals surface area contributed by atoms with Crippen LogP contribution in [0.1, 0.15) is 16.1 Å². The molecule has 0 saturated carbocycles. The molecule has 3 rings (SSSR count). The zero-order valence-electron chi connectivity index (χ0n) is 11.4.